The van der Waals surface area contributed by atoms with Crippen LogP contribution in [0.4, 0.5) is 0 Å². The van der Waals surface area contributed by atoms with E-state index in [9.17, 15) is 0 Å². The zero-order valence-corrected chi connectivity index (χ0v) is 12.7. The summed E-state index contributed by atoms with van der Waals surface area (Å²) in [4.78, 5) is 0. The number of alkyl halides is 1. The van der Waals surface area contributed by atoms with E-state index in [1.807, 2.05) is 29.1 Å². The van der Waals surface area contributed by atoms with Crippen LogP contribution >= 0.6 is 11.6 Å². The smallest absolute Gasteiger partial charge is 0.171 e. The van der Waals surface area contributed by atoms with Gasteiger partial charge in [0.1, 0.15) is 6.61 Å². The fraction of sp³-hybridized carbons (Fsp3) is 0.571. The molecule has 7 heteroatoms. The predicted molar refractivity (Wildman–Crippen MR) is 79.2 cm³/mol. The molecule has 0 aliphatic rings. The molecule has 1 N–H and O–H groups in total. The number of aromatic nitrogens is 1. The predicted octanol–water partition coefficient (Wildman–Crippen LogP) is 1.07. The highest BCUT2D eigenvalue weighted by molar-refractivity contribution is 6.17. The molecular formula is C14H22ClN2O4+. The third-order valence-corrected chi connectivity index (χ3v) is 2.74. The summed E-state index contributed by atoms with van der Waals surface area (Å²) in [7, 11) is 0. The van der Waals surface area contributed by atoms with Crippen molar-refractivity contribution in [1.29, 1.82) is 0 Å². The molecule has 0 aliphatic heterocycles. The van der Waals surface area contributed by atoms with Crippen LogP contribution < -0.4 is 4.57 Å². The van der Waals surface area contributed by atoms with Crippen molar-refractivity contribution in [2.45, 2.75) is 6.54 Å². The van der Waals surface area contributed by atoms with Gasteiger partial charge >= 0.3 is 0 Å². The van der Waals surface area contributed by atoms with E-state index < -0.39 is 0 Å². The quantitative estimate of drug-likeness (QED) is 0.156. The van der Waals surface area contributed by atoms with Crippen molar-refractivity contribution in [2.75, 3.05) is 45.5 Å². The molecular weight excluding hydrogens is 296 g/mol. The minimum Gasteiger partial charge on any atom is -0.411 e. The highest BCUT2D eigenvalue weighted by atomic mass is 35.5. The number of halogens is 1. The van der Waals surface area contributed by atoms with Gasteiger partial charge in [-0.25, -0.2) is 4.57 Å². The van der Waals surface area contributed by atoms with E-state index in [1.54, 1.807) is 0 Å². The number of nitrogens with zero attached hydrogens (tertiary/aromatic N) is 2. The molecule has 1 aromatic heterocycles. The number of hydrogen-bond donors (Lipinski definition) is 1. The zero-order chi connectivity index (χ0) is 15.2. The second-order valence-corrected chi connectivity index (χ2v) is 4.52. The Balaban J connectivity index is 1.96. The van der Waals surface area contributed by atoms with Gasteiger partial charge < -0.3 is 19.4 Å². The first kappa shape index (κ1) is 17.8. The SMILES string of the molecule is O/N=C/c1cc[n+](CCOCCOCCOCCCl)cc1. The minimum absolute atomic E-state index is 0.508. The van der Waals surface area contributed by atoms with Crippen molar-refractivity contribution in [3.63, 3.8) is 0 Å². The van der Waals surface area contributed by atoms with Crippen LogP contribution in [0.3, 0.4) is 0 Å². The van der Waals surface area contributed by atoms with Gasteiger partial charge in [0, 0.05) is 23.6 Å². The van der Waals surface area contributed by atoms with Gasteiger partial charge in [0.2, 0.25) is 0 Å². The maximum Gasteiger partial charge on any atom is 0.171 e. The Hall–Kier alpha value is -1.21. The lowest BCUT2D eigenvalue weighted by Crippen LogP contribution is -2.35. The second kappa shape index (κ2) is 12.5. The van der Waals surface area contributed by atoms with Crippen molar-refractivity contribution in [2.24, 2.45) is 5.16 Å². The molecule has 0 saturated heterocycles. The number of rotatable bonds is 12. The lowest BCUT2D eigenvalue weighted by atomic mass is 10.3. The molecule has 1 heterocycles. The molecule has 0 unspecified atom stereocenters. The van der Waals surface area contributed by atoms with Crippen LogP contribution in [0, 0.1) is 0 Å². The van der Waals surface area contributed by atoms with Gasteiger partial charge in [-0.15, -0.1) is 11.6 Å². The van der Waals surface area contributed by atoms with Gasteiger partial charge in [-0.2, -0.15) is 0 Å². The molecule has 0 fully saturated rings. The number of hydrogen-bond acceptors (Lipinski definition) is 5. The molecule has 6 nitrogen and oxygen atoms in total. The van der Waals surface area contributed by atoms with Gasteiger partial charge in [0.25, 0.3) is 0 Å². The second-order valence-electron chi connectivity index (χ2n) is 4.14. The van der Waals surface area contributed by atoms with Crippen molar-refractivity contribution < 1.29 is 24.0 Å². The lowest BCUT2D eigenvalue weighted by molar-refractivity contribution is -0.698. The summed E-state index contributed by atoms with van der Waals surface area (Å²) < 4.78 is 18.0. The first-order valence-corrected chi connectivity index (χ1v) is 7.36. The Labute approximate surface area is 129 Å². The monoisotopic (exact) mass is 317 g/mol. The Morgan fingerprint density at radius 1 is 1.00 bits per heavy atom. The summed E-state index contributed by atoms with van der Waals surface area (Å²) >= 11 is 5.47. The highest BCUT2D eigenvalue weighted by Crippen LogP contribution is 1.90. The molecule has 1 rings (SSSR count). The Bertz CT molecular complexity index is 387. The van der Waals surface area contributed by atoms with Crippen LogP contribution in [-0.2, 0) is 20.8 Å². The number of pyridine rings is 1. The molecule has 0 atom stereocenters. The van der Waals surface area contributed by atoms with Gasteiger partial charge in [-0.05, 0) is 0 Å². The fourth-order valence-corrected chi connectivity index (χ4v) is 1.65. The Kier molecular flexibility index (Phi) is 10.6. The zero-order valence-electron chi connectivity index (χ0n) is 12.0. The van der Waals surface area contributed by atoms with Crippen molar-refractivity contribution in [1.82, 2.24) is 0 Å². The maximum atomic E-state index is 8.41. The lowest BCUT2D eigenvalue weighted by Gasteiger charge is -2.05. The van der Waals surface area contributed by atoms with E-state index in [-0.39, 0.29) is 0 Å². The van der Waals surface area contributed by atoms with Crippen LogP contribution in [0.25, 0.3) is 0 Å². The van der Waals surface area contributed by atoms with E-state index in [1.165, 1.54) is 6.21 Å². The molecule has 118 valence electrons. The molecule has 21 heavy (non-hydrogen) atoms. The van der Waals surface area contributed by atoms with Gasteiger partial charge in [0.05, 0.1) is 39.2 Å². The molecule has 0 saturated carbocycles. The molecule has 1 aromatic rings. The average Bonchev–Trinajstić information content (AvgIpc) is 2.51. The maximum absolute atomic E-state index is 8.41. The average molecular weight is 318 g/mol. The van der Waals surface area contributed by atoms with E-state index in [4.69, 9.17) is 31.0 Å². The van der Waals surface area contributed by atoms with E-state index >= 15 is 0 Å². The summed E-state index contributed by atoms with van der Waals surface area (Å²) in [6, 6.07) is 3.73. The Morgan fingerprint density at radius 3 is 2.14 bits per heavy atom. The standard InChI is InChI=1S/C14H21ClN2O4/c15-3-7-19-9-11-21-12-10-20-8-6-17-4-1-14(2-5-17)13-16-18/h1-2,4-5,13H,3,6-12H2/p+1. The fourth-order valence-electron chi connectivity index (χ4n) is 1.54. The van der Waals surface area contributed by atoms with Crippen LogP contribution in [0.1, 0.15) is 5.56 Å². The summed E-state index contributed by atoms with van der Waals surface area (Å²) in [6.07, 6.45) is 5.20. The van der Waals surface area contributed by atoms with Crippen LogP contribution in [-0.4, -0.2) is 56.9 Å². The Morgan fingerprint density at radius 2 is 1.57 bits per heavy atom. The molecule has 0 aromatic carbocycles. The normalized spacial score (nSPS) is 11.3. The third-order valence-electron chi connectivity index (χ3n) is 2.58. The number of ether oxygens (including phenoxy) is 3. The summed E-state index contributed by atoms with van der Waals surface area (Å²) in [5.74, 6) is 0.508. The topological polar surface area (TPSA) is 64.2 Å². The van der Waals surface area contributed by atoms with Crippen molar-refractivity contribution in [3.8, 4) is 0 Å². The van der Waals surface area contributed by atoms with Crippen LogP contribution in [0.5, 0.6) is 0 Å². The molecule has 0 amide bonds. The van der Waals surface area contributed by atoms with Crippen LogP contribution in [0.15, 0.2) is 29.7 Å². The molecule has 0 aliphatic carbocycles. The van der Waals surface area contributed by atoms with E-state index in [0.717, 1.165) is 12.1 Å². The van der Waals surface area contributed by atoms with Crippen LogP contribution in [0.2, 0.25) is 0 Å². The van der Waals surface area contributed by atoms with Gasteiger partial charge in [0.15, 0.2) is 18.9 Å². The van der Waals surface area contributed by atoms with Crippen molar-refractivity contribution in [3.05, 3.63) is 30.1 Å². The first-order chi connectivity index (χ1) is 10.4. The van der Waals surface area contributed by atoms with E-state index in [0.29, 0.717) is 45.5 Å². The molecule has 0 bridgehead atoms. The van der Waals surface area contributed by atoms with Crippen molar-refractivity contribution >= 4 is 17.8 Å². The summed E-state index contributed by atoms with van der Waals surface area (Å²) in [6.45, 7) is 4.17. The van der Waals surface area contributed by atoms with E-state index in [2.05, 4.69) is 5.16 Å². The highest BCUT2D eigenvalue weighted by Gasteiger charge is 2.00. The molecule has 0 radical (unpaired) electrons. The summed E-state index contributed by atoms with van der Waals surface area (Å²) in [5.41, 5.74) is 0.847. The number of oxime groups is 1. The summed E-state index contributed by atoms with van der Waals surface area (Å²) in [5, 5.41) is 11.4. The third kappa shape index (κ3) is 9.36. The van der Waals surface area contributed by atoms with Gasteiger partial charge in [-0.1, -0.05) is 5.16 Å². The first-order valence-electron chi connectivity index (χ1n) is 6.82. The molecule has 0 spiro atoms. The van der Waals surface area contributed by atoms with Gasteiger partial charge in [-0.3, -0.25) is 0 Å². The largest absolute Gasteiger partial charge is 0.411 e. The minimum atomic E-state index is 0.508.